The minimum Gasteiger partial charge on any atom is -0.0883 e. The zero-order valence-corrected chi connectivity index (χ0v) is 22.8. The summed E-state index contributed by atoms with van der Waals surface area (Å²) in [4.78, 5) is 0. The molecule has 0 aromatic heterocycles. The second kappa shape index (κ2) is 17.3. The van der Waals surface area contributed by atoms with Gasteiger partial charge in [0.1, 0.15) is 0 Å². The lowest BCUT2D eigenvalue weighted by Gasteiger charge is -2.35. The Balaban J connectivity index is 3.94. The molecule has 0 rings (SSSR count). The molecule has 0 aliphatic rings. The molecule has 8 unspecified atom stereocenters. The van der Waals surface area contributed by atoms with Crippen LogP contribution in [0.25, 0.3) is 0 Å². The lowest BCUT2D eigenvalue weighted by Crippen LogP contribution is -2.28. The maximum absolute atomic E-state index is 2.51. The summed E-state index contributed by atoms with van der Waals surface area (Å²) in [6, 6.07) is 0. The average Bonchev–Trinajstić information content (AvgIpc) is 2.76. The minimum absolute atomic E-state index is 0.694. The number of hydrogen-bond acceptors (Lipinski definition) is 0. The minimum atomic E-state index is 0.694. The second-order valence-corrected chi connectivity index (χ2v) is 11.2. The van der Waals surface area contributed by atoms with E-state index in [2.05, 4.69) is 81.4 Å². The summed E-state index contributed by atoms with van der Waals surface area (Å²) in [5.41, 5.74) is 0. The first-order chi connectivity index (χ1) is 14.2. The summed E-state index contributed by atoms with van der Waals surface area (Å²) in [7, 11) is 0. The van der Waals surface area contributed by atoms with Gasteiger partial charge in [-0.05, 0) is 60.2 Å². The van der Waals surface area contributed by atoms with Crippen molar-refractivity contribution < 1.29 is 0 Å². The third-order valence-corrected chi connectivity index (χ3v) is 9.19. The van der Waals surface area contributed by atoms with Gasteiger partial charge < -0.3 is 0 Å². The quantitative estimate of drug-likeness (QED) is 0.153. The van der Waals surface area contributed by atoms with Gasteiger partial charge in [0.05, 0.1) is 0 Å². The summed E-state index contributed by atoms with van der Waals surface area (Å²) in [6.45, 7) is 24.3. The van der Waals surface area contributed by atoms with E-state index in [1.807, 2.05) is 0 Å². The molecule has 30 heavy (non-hydrogen) atoms. The number of rotatable bonds is 18. The first kappa shape index (κ1) is 29.7. The van der Waals surface area contributed by atoms with Crippen molar-refractivity contribution in [2.24, 2.45) is 47.3 Å². The molecule has 0 heterocycles. The Morgan fingerprint density at radius 1 is 0.500 bits per heavy atom. The van der Waals surface area contributed by atoms with Crippen LogP contribution in [0.2, 0.25) is 0 Å². The van der Waals surface area contributed by atoms with E-state index in [0.29, 0.717) is 5.92 Å². The Morgan fingerprint density at radius 2 is 1.00 bits per heavy atom. The van der Waals surface area contributed by atoms with Gasteiger partial charge >= 0.3 is 0 Å². The van der Waals surface area contributed by atoms with Gasteiger partial charge in [-0.15, -0.1) is 0 Å². The van der Waals surface area contributed by atoms with E-state index in [-0.39, 0.29) is 0 Å². The zero-order chi connectivity index (χ0) is 23.1. The topological polar surface area (TPSA) is 0 Å². The van der Waals surface area contributed by atoms with Crippen LogP contribution in [0.1, 0.15) is 133 Å². The molecule has 180 valence electrons. The molecular weight excluding hydrogens is 360 g/mol. The summed E-state index contributed by atoms with van der Waals surface area (Å²) in [6.07, 6.45) is 18.9. The van der Waals surface area contributed by atoms with E-state index < -0.39 is 0 Å². The highest BCUT2D eigenvalue weighted by Crippen LogP contribution is 2.35. The van der Waals surface area contributed by atoms with Crippen LogP contribution in [0.15, 0.2) is 12.2 Å². The molecule has 0 radical (unpaired) electrons. The molecule has 0 saturated carbocycles. The van der Waals surface area contributed by atoms with Crippen LogP contribution in [0.4, 0.5) is 0 Å². The van der Waals surface area contributed by atoms with E-state index in [0.717, 1.165) is 41.4 Å². The van der Waals surface area contributed by atoms with Gasteiger partial charge in [-0.25, -0.2) is 0 Å². The fourth-order valence-electron chi connectivity index (χ4n) is 4.94. The van der Waals surface area contributed by atoms with Gasteiger partial charge in [0.25, 0.3) is 0 Å². The molecule has 0 saturated heterocycles. The van der Waals surface area contributed by atoms with Crippen molar-refractivity contribution in [3.63, 3.8) is 0 Å². The summed E-state index contributed by atoms with van der Waals surface area (Å²) in [5.74, 6) is 6.52. The smallest absolute Gasteiger partial charge is 0.0234 e. The second-order valence-electron chi connectivity index (χ2n) is 11.2. The zero-order valence-electron chi connectivity index (χ0n) is 22.8. The van der Waals surface area contributed by atoms with Gasteiger partial charge in [0, 0.05) is 0 Å². The van der Waals surface area contributed by atoms with Crippen molar-refractivity contribution >= 4 is 0 Å². The highest BCUT2D eigenvalue weighted by atomic mass is 14.3. The Hall–Kier alpha value is -0.260. The molecule has 8 atom stereocenters. The molecule has 0 aliphatic heterocycles. The third kappa shape index (κ3) is 12.0. The number of unbranched alkanes of at least 4 members (excludes halogenated alkanes) is 6. The van der Waals surface area contributed by atoms with E-state index in [1.54, 1.807) is 0 Å². The van der Waals surface area contributed by atoms with Crippen molar-refractivity contribution in [1.29, 1.82) is 0 Å². The van der Waals surface area contributed by atoms with Gasteiger partial charge in [0.2, 0.25) is 0 Å². The first-order valence-corrected chi connectivity index (χ1v) is 13.8. The van der Waals surface area contributed by atoms with Crippen molar-refractivity contribution in [3.05, 3.63) is 12.2 Å². The standard InChI is InChI=1S/C30H60/c1-11-23(3)25(5)21-19-17-15-13-14-16-18-20-22-26(6)28(8)30(10)29(9)27(7)24(4)12-2/h20,22-30H,11-19,21H2,1-10H3. The van der Waals surface area contributed by atoms with Crippen LogP contribution in [-0.4, -0.2) is 0 Å². The molecule has 0 N–H and O–H groups in total. The van der Waals surface area contributed by atoms with Crippen molar-refractivity contribution in [2.45, 2.75) is 133 Å². The monoisotopic (exact) mass is 420 g/mol. The molecule has 0 nitrogen and oxygen atoms in total. The summed E-state index contributed by atoms with van der Waals surface area (Å²) < 4.78 is 0. The number of hydrogen-bond donors (Lipinski definition) is 0. The van der Waals surface area contributed by atoms with Crippen LogP contribution < -0.4 is 0 Å². The lowest BCUT2D eigenvalue weighted by atomic mass is 9.70. The Kier molecular flexibility index (Phi) is 17.2. The van der Waals surface area contributed by atoms with Gasteiger partial charge in [-0.3, -0.25) is 0 Å². The van der Waals surface area contributed by atoms with Gasteiger partial charge in [-0.1, -0.05) is 133 Å². The normalized spacial score (nSPS) is 20.5. The summed E-state index contributed by atoms with van der Waals surface area (Å²) in [5, 5.41) is 0. The van der Waals surface area contributed by atoms with Crippen molar-refractivity contribution in [1.82, 2.24) is 0 Å². The SMILES string of the molecule is CCC(C)C(C)CCCCCCCCC=CC(C)C(C)C(C)C(C)C(C)C(C)CC. The van der Waals surface area contributed by atoms with Gasteiger partial charge in [-0.2, -0.15) is 0 Å². The predicted molar refractivity (Wildman–Crippen MR) is 140 cm³/mol. The summed E-state index contributed by atoms with van der Waals surface area (Å²) >= 11 is 0. The molecular formula is C30H60. The molecule has 0 heteroatoms. The molecule has 0 aliphatic carbocycles. The van der Waals surface area contributed by atoms with Crippen molar-refractivity contribution in [3.8, 4) is 0 Å². The maximum atomic E-state index is 2.51. The van der Waals surface area contributed by atoms with Crippen LogP contribution in [0, 0.1) is 47.3 Å². The Morgan fingerprint density at radius 3 is 1.57 bits per heavy atom. The molecule has 0 aromatic rings. The first-order valence-electron chi connectivity index (χ1n) is 13.8. The predicted octanol–water partition coefficient (Wildman–Crippen LogP) is 10.6. The van der Waals surface area contributed by atoms with Crippen LogP contribution >= 0.6 is 0 Å². The van der Waals surface area contributed by atoms with Crippen LogP contribution in [0.3, 0.4) is 0 Å². The van der Waals surface area contributed by atoms with E-state index >= 15 is 0 Å². The maximum Gasteiger partial charge on any atom is -0.0234 e. The van der Waals surface area contributed by atoms with Gasteiger partial charge in [0.15, 0.2) is 0 Å². The molecule has 0 aromatic carbocycles. The highest BCUT2D eigenvalue weighted by Gasteiger charge is 2.28. The van der Waals surface area contributed by atoms with Crippen LogP contribution in [-0.2, 0) is 0 Å². The molecule has 0 fully saturated rings. The Labute approximate surface area is 193 Å². The average molecular weight is 421 g/mol. The molecule has 0 bridgehead atoms. The molecule has 0 spiro atoms. The largest absolute Gasteiger partial charge is 0.0883 e. The van der Waals surface area contributed by atoms with Crippen LogP contribution in [0.5, 0.6) is 0 Å². The fraction of sp³-hybridized carbons (Fsp3) is 0.933. The highest BCUT2D eigenvalue weighted by molar-refractivity contribution is 4.91. The Bertz CT molecular complexity index is 408. The number of allylic oxidation sites excluding steroid dienone is 2. The van der Waals surface area contributed by atoms with Crippen molar-refractivity contribution in [2.75, 3.05) is 0 Å². The van der Waals surface area contributed by atoms with E-state index in [1.165, 1.54) is 64.2 Å². The van der Waals surface area contributed by atoms with E-state index in [9.17, 15) is 0 Å². The lowest BCUT2D eigenvalue weighted by molar-refractivity contribution is 0.149. The molecule has 0 amide bonds. The van der Waals surface area contributed by atoms with E-state index in [4.69, 9.17) is 0 Å². The third-order valence-electron chi connectivity index (χ3n) is 9.19. The fourth-order valence-corrected chi connectivity index (χ4v) is 4.94.